The van der Waals surface area contributed by atoms with Crippen molar-refractivity contribution in [3.8, 4) is 11.1 Å². The third-order valence-corrected chi connectivity index (χ3v) is 4.72. The van der Waals surface area contributed by atoms with Gasteiger partial charge in [0.25, 0.3) is 0 Å². The van der Waals surface area contributed by atoms with Gasteiger partial charge in [0.2, 0.25) is 0 Å². The quantitative estimate of drug-likeness (QED) is 0.388. The van der Waals surface area contributed by atoms with E-state index in [-0.39, 0.29) is 0 Å². The molecular weight excluding hydrogens is 414 g/mol. The predicted molar refractivity (Wildman–Crippen MR) is 104 cm³/mol. The molecule has 2 aromatic carbocycles. The normalized spacial score (nSPS) is 11.9. The number of aryl methyl sites for hydroxylation is 2. The summed E-state index contributed by atoms with van der Waals surface area (Å²) in [5, 5.41) is 0. The second kappa shape index (κ2) is 8.52. The summed E-state index contributed by atoms with van der Waals surface area (Å²) in [7, 11) is 9.87. The summed E-state index contributed by atoms with van der Waals surface area (Å²) in [6, 6.07) is 9.54. The Balaban J connectivity index is 0.000000647. The van der Waals surface area contributed by atoms with Gasteiger partial charge < -0.3 is 0 Å². The third-order valence-electron chi connectivity index (χ3n) is 4.72. The van der Waals surface area contributed by atoms with E-state index >= 15 is 0 Å². The Hall–Kier alpha value is -0.0969. The SMILES string of the molecule is Cc1cc2c(cc1C(C)C)-c1cc(C(C)C)c(C)cc1[CH]2.[Cl][Zr][Cl]. The molecule has 0 unspecified atom stereocenters. The fourth-order valence-electron chi connectivity index (χ4n) is 3.61. The van der Waals surface area contributed by atoms with Crippen LogP contribution in [-0.2, 0) is 20.8 Å². The molecule has 1 aliphatic carbocycles. The number of hydrogen-bond acceptors (Lipinski definition) is 0. The van der Waals surface area contributed by atoms with E-state index in [1.165, 1.54) is 44.5 Å². The molecule has 0 amide bonds. The Morgan fingerprint density at radius 3 is 1.33 bits per heavy atom. The summed E-state index contributed by atoms with van der Waals surface area (Å²) >= 11 is -0.826. The van der Waals surface area contributed by atoms with E-state index in [0.717, 1.165) is 0 Å². The number of hydrogen-bond donors (Lipinski definition) is 0. The zero-order valence-corrected chi connectivity index (χ0v) is 19.3. The Morgan fingerprint density at radius 2 is 1.04 bits per heavy atom. The molecule has 0 bridgehead atoms. The molecule has 0 fully saturated rings. The van der Waals surface area contributed by atoms with Gasteiger partial charge in [0.1, 0.15) is 0 Å². The molecule has 1 radical (unpaired) electrons. The molecule has 127 valence electrons. The average Bonchev–Trinajstić information content (AvgIpc) is 2.81. The fourth-order valence-corrected chi connectivity index (χ4v) is 3.61. The Kier molecular flexibility index (Phi) is 7.18. The molecule has 0 N–H and O–H groups in total. The van der Waals surface area contributed by atoms with Gasteiger partial charge >= 0.3 is 37.9 Å². The molecule has 0 aromatic heterocycles. The summed E-state index contributed by atoms with van der Waals surface area (Å²) in [6.07, 6.45) is 2.35. The van der Waals surface area contributed by atoms with Crippen molar-refractivity contribution in [3.63, 3.8) is 0 Å². The molecule has 0 saturated carbocycles. The van der Waals surface area contributed by atoms with E-state index in [2.05, 4.69) is 72.2 Å². The van der Waals surface area contributed by atoms with Gasteiger partial charge in [-0.1, -0.05) is 52.0 Å². The van der Waals surface area contributed by atoms with Crippen molar-refractivity contribution in [2.75, 3.05) is 0 Å². The summed E-state index contributed by atoms with van der Waals surface area (Å²) in [5.41, 5.74) is 11.4. The summed E-state index contributed by atoms with van der Waals surface area (Å²) < 4.78 is 0. The number of benzene rings is 2. The standard InChI is InChI=1S/C21H25.2ClH.Zr/c1-12(2)18-10-20-16(7-14(18)5)9-17-8-15(6)19(13(3)4)11-21(17)20;;;/h7-13H,1-6H3;2*1H;/q;;;+2/p-2. The minimum atomic E-state index is -0.826. The van der Waals surface area contributed by atoms with Crippen LogP contribution in [0.2, 0.25) is 0 Å². The van der Waals surface area contributed by atoms with Crippen molar-refractivity contribution in [1.29, 1.82) is 0 Å². The molecular formula is C21H25Cl2Zr. The molecule has 1 aliphatic rings. The van der Waals surface area contributed by atoms with Gasteiger partial charge in [-0.25, -0.2) is 0 Å². The van der Waals surface area contributed by atoms with Crippen molar-refractivity contribution >= 4 is 17.0 Å². The van der Waals surface area contributed by atoms with Gasteiger partial charge in [-0.05, 0) is 70.2 Å². The molecule has 2 aromatic rings. The molecule has 0 saturated heterocycles. The van der Waals surface area contributed by atoms with Gasteiger partial charge in [-0.2, -0.15) is 0 Å². The first-order chi connectivity index (χ1) is 11.3. The predicted octanol–water partition coefficient (Wildman–Crippen LogP) is 7.51. The van der Waals surface area contributed by atoms with E-state index in [9.17, 15) is 0 Å². The van der Waals surface area contributed by atoms with E-state index in [1.807, 2.05) is 0 Å². The Bertz CT molecular complexity index is 672. The van der Waals surface area contributed by atoms with Crippen LogP contribution in [0.5, 0.6) is 0 Å². The van der Waals surface area contributed by atoms with Crippen LogP contribution >= 0.6 is 17.0 Å². The molecule has 0 heterocycles. The number of fused-ring (bicyclic) bond motifs is 3. The van der Waals surface area contributed by atoms with Gasteiger partial charge in [0.15, 0.2) is 0 Å². The minimum absolute atomic E-state index is 0.578. The van der Waals surface area contributed by atoms with Gasteiger partial charge in [0.05, 0.1) is 0 Å². The average molecular weight is 440 g/mol. The van der Waals surface area contributed by atoms with Crippen LogP contribution in [0, 0.1) is 20.3 Å². The van der Waals surface area contributed by atoms with Crippen molar-refractivity contribution < 1.29 is 20.8 Å². The van der Waals surface area contributed by atoms with E-state index < -0.39 is 20.8 Å². The van der Waals surface area contributed by atoms with Crippen molar-refractivity contribution in [2.45, 2.75) is 53.4 Å². The second-order valence-corrected chi connectivity index (χ2v) is 10.8. The zero-order chi connectivity index (χ0) is 18.0. The Labute approximate surface area is 165 Å². The first-order valence-electron chi connectivity index (χ1n) is 8.40. The van der Waals surface area contributed by atoms with Crippen molar-refractivity contribution in [3.05, 3.63) is 64.1 Å². The first-order valence-corrected chi connectivity index (χ1v) is 14.7. The van der Waals surface area contributed by atoms with E-state index in [1.54, 1.807) is 0 Å². The van der Waals surface area contributed by atoms with Crippen LogP contribution in [-0.4, -0.2) is 0 Å². The van der Waals surface area contributed by atoms with E-state index in [4.69, 9.17) is 17.0 Å². The zero-order valence-electron chi connectivity index (χ0n) is 15.3. The van der Waals surface area contributed by atoms with Gasteiger partial charge in [-0.3, -0.25) is 0 Å². The molecule has 0 nitrogen and oxygen atoms in total. The van der Waals surface area contributed by atoms with E-state index in [0.29, 0.717) is 11.8 Å². The first kappa shape index (κ1) is 20.2. The van der Waals surface area contributed by atoms with Crippen LogP contribution in [0.3, 0.4) is 0 Å². The number of rotatable bonds is 2. The maximum atomic E-state index is 4.93. The molecule has 24 heavy (non-hydrogen) atoms. The van der Waals surface area contributed by atoms with Gasteiger partial charge in [0, 0.05) is 6.42 Å². The summed E-state index contributed by atoms with van der Waals surface area (Å²) in [4.78, 5) is 0. The summed E-state index contributed by atoms with van der Waals surface area (Å²) in [5.74, 6) is 1.16. The molecule has 0 atom stereocenters. The second-order valence-electron chi connectivity index (χ2n) is 7.12. The number of halogens is 2. The van der Waals surface area contributed by atoms with Crippen LogP contribution in [0.25, 0.3) is 11.1 Å². The monoisotopic (exact) mass is 437 g/mol. The van der Waals surface area contributed by atoms with Gasteiger partial charge in [-0.15, -0.1) is 0 Å². The van der Waals surface area contributed by atoms with Crippen LogP contribution in [0.4, 0.5) is 0 Å². The van der Waals surface area contributed by atoms with Crippen molar-refractivity contribution in [2.24, 2.45) is 0 Å². The van der Waals surface area contributed by atoms with Crippen LogP contribution in [0.15, 0.2) is 24.3 Å². The maximum absolute atomic E-state index is 4.93. The topological polar surface area (TPSA) is 0 Å². The summed E-state index contributed by atoms with van der Waals surface area (Å²) in [6.45, 7) is 13.6. The van der Waals surface area contributed by atoms with Crippen molar-refractivity contribution in [1.82, 2.24) is 0 Å². The third kappa shape index (κ3) is 4.17. The molecule has 3 rings (SSSR count). The molecule has 3 heteroatoms. The Morgan fingerprint density at radius 1 is 0.708 bits per heavy atom. The molecule has 0 aliphatic heterocycles. The van der Waals surface area contributed by atoms with Crippen LogP contribution < -0.4 is 0 Å². The van der Waals surface area contributed by atoms with Crippen LogP contribution in [0.1, 0.15) is 72.9 Å². The fraction of sp³-hybridized carbons (Fsp3) is 0.381. The molecule has 0 spiro atoms.